The van der Waals surface area contributed by atoms with Crippen molar-refractivity contribution in [2.75, 3.05) is 24.2 Å². The molecule has 0 heterocycles. The van der Waals surface area contributed by atoms with Gasteiger partial charge in [0, 0.05) is 35.6 Å². The number of hydrogen-bond acceptors (Lipinski definition) is 5. The first-order chi connectivity index (χ1) is 17.9. The Morgan fingerprint density at radius 2 is 1.76 bits per heavy atom. The Morgan fingerprint density at radius 3 is 2.34 bits per heavy atom. The first-order valence-electron chi connectivity index (χ1n) is 12.6. The summed E-state index contributed by atoms with van der Waals surface area (Å²) in [5.41, 5.74) is 1.06. The zero-order chi connectivity index (χ0) is 28.5. The number of amides is 2. The molecule has 0 bridgehead atoms. The molecule has 38 heavy (non-hydrogen) atoms. The maximum Gasteiger partial charge on any atom is 0.243 e. The molecule has 8 nitrogen and oxygen atoms in total. The van der Waals surface area contributed by atoms with Gasteiger partial charge in [-0.25, -0.2) is 8.42 Å². The van der Waals surface area contributed by atoms with Crippen LogP contribution in [0.4, 0.5) is 5.69 Å². The summed E-state index contributed by atoms with van der Waals surface area (Å²) in [6.45, 7) is 5.90. The lowest BCUT2D eigenvalue weighted by Crippen LogP contribution is -2.50. The molecule has 2 atom stereocenters. The van der Waals surface area contributed by atoms with Crippen molar-refractivity contribution in [1.29, 1.82) is 0 Å². The van der Waals surface area contributed by atoms with Gasteiger partial charge in [-0.3, -0.25) is 13.9 Å². The fraction of sp³-hybridized carbons (Fsp3) is 0.481. The predicted molar refractivity (Wildman–Crippen MR) is 153 cm³/mol. The number of sulfonamides is 1. The number of carbonyl (C=O) groups excluding carboxylic acids is 2. The third kappa shape index (κ3) is 8.78. The lowest BCUT2D eigenvalue weighted by atomic mass is 10.1. The molecular weight excluding hydrogens is 549 g/mol. The van der Waals surface area contributed by atoms with Gasteiger partial charge in [0.1, 0.15) is 11.8 Å². The van der Waals surface area contributed by atoms with E-state index in [2.05, 4.69) is 5.32 Å². The van der Waals surface area contributed by atoms with E-state index in [4.69, 9.17) is 27.9 Å². The number of methoxy groups -OCH3 is 1. The minimum Gasteiger partial charge on any atom is -0.495 e. The molecule has 0 spiro atoms. The number of rotatable bonds is 14. The molecule has 0 unspecified atom stereocenters. The fourth-order valence-electron chi connectivity index (χ4n) is 4.01. The van der Waals surface area contributed by atoms with Gasteiger partial charge in [-0.1, -0.05) is 55.2 Å². The molecule has 0 aliphatic rings. The topological polar surface area (TPSA) is 96.0 Å². The van der Waals surface area contributed by atoms with E-state index < -0.39 is 16.1 Å². The summed E-state index contributed by atoms with van der Waals surface area (Å²) in [6, 6.07) is 11.1. The molecular formula is C27H37Cl2N3O5S. The van der Waals surface area contributed by atoms with E-state index in [0.29, 0.717) is 33.5 Å². The van der Waals surface area contributed by atoms with Gasteiger partial charge in [0.15, 0.2) is 0 Å². The van der Waals surface area contributed by atoms with Crippen molar-refractivity contribution in [2.45, 2.75) is 65.1 Å². The molecule has 0 radical (unpaired) electrons. The number of nitrogens with zero attached hydrogens (tertiary/aromatic N) is 2. The van der Waals surface area contributed by atoms with E-state index in [1.165, 1.54) is 16.3 Å². The van der Waals surface area contributed by atoms with Crippen LogP contribution in [0.3, 0.4) is 0 Å². The van der Waals surface area contributed by atoms with E-state index in [1.54, 1.807) is 42.5 Å². The van der Waals surface area contributed by atoms with Crippen LogP contribution < -0.4 is 14.4 Å². The van der Waals surface area contributed by atoms with E-state index in [-0.39, 0.29) is 43.8 Å². The second kappa shape index (κ2) is 14.6. The molecule has 2 amide bonds. The molecule has 2 aromatic carbocycles. The lowest BCUT2D eigenvalue weighted by molar-refractivity contribution is -0.141. The number of benzene rings is 2. The Balaban J connectivity index is 2.29. The van der Waals surface area contributed by atoms with Crippen LogP contribution in [0, 0.1) is 0 Å². The molecule has 2 rings (SSSR count). The summed E-state index contributed by atoms with van der Waals surface area (Å²) in [5.74, 6) is -0.112. The third-order valence-corrected chi connectivity index (χ3v) is 8.02. The van der Waals surface area contributed by atoms with Gasteiger partial charge < -0.3 is 15.0 Å². The Morgan fingerprint density at radius 1 is 1.08 bits per heavy atom. The summed E-state index contributed by atoms with van der Waals surface area (Å²) < 4.78 is 31.7. The van der Waals surface area contributed by atoms with Gasteiger partial charge >= 0.3 is 0 Å². The maximum absolute atomic E-state index is 13.6. The molecule has 0 aliphatic heterocycles. The third-order valence-electron chi connectivity index (χ3n) is 6.25. The zero-order valence-corrected chi connectivity index (χ0v) is 24.9. The van der Waals surface area contributed by atoms with Gasteiger partial charge in [0.25, 0.3) is 0 Å². The lowest BCUT2D eigenvalue weighted by Gasteiger charge is -2.32. The smallest absolute Gasteiger partial charge is 0.243 e. The number of ether oxygens (including phenoxy) is 1. The van der Waals surface area contributed by atoms with Crippen molar-refractivity contribution < 1.29 is 22.7 Å². The molecule has 0 aromatic heterocycles. The van der Waals surface area contributed by atoms with Crippen LogP contribution in [-0.2, 0) is 26.2 Å². The van der Waals surface area contributed by atoms with Gasteiger partial charge in [0.2, 0.25) is 21.8 Å². The van der Waals surface area contributed by atoms with Crippen molar-refractivity contribution in [3.05, 3.63) is 58.1 Å². The summed E-state index contributed by atoms with van der Waals surface area (Å²) in [6.07, 6.45) is 2.53. The van der Waals surface area contributed by atoms with E-state index in [0.717, 1.165) is 12.7 Å². The van der Waals surface area contributed by atoms with Crippen LogP contribution >= 0.6 is 23.2 Å². The summed E-state index contributed by atoms with van der Waals surface area (Å²) >= 11 is 12.4. The number of anilines is 1. The van der Waals surface area contributed by atoms with Gasteiger partial charge in [-0.15, -0.1) is 0 Å². The second-order valence-corrected chi connectivity index (χ2v) is 11.9. The van der Waals surface area contributed by atoms with Gasteiger partial charge in [-0.05, 0) is 56.0 Å². The summed E-state index contributed by atoms with van der Waals surface area (Å²) in [4.78, 5) is 28.2. The molecule has 11 heteroatoms. The highest BCUT2D eigenvalue weighted by Gasteiger charge is 2.30. The zero-order valence-electron chi connectivity index (χ0n) is 22.5. The second-order valence-electron chi connectivity index (χ2n) is 9.11. The molecule has 210 valence electrons. The molecule has 1 N–H and O–H groups in total. The molecule has 0 aliphatic carbocycles. The van der Waals surface area contributed by atoms with Gasteiger partial charge in [-0.2, -0.15) is 0 Å². The summed E-state index contributed by atoms with van der Waals surface area (Å²) in [7, 11) is -2.17. The molecule has 0 saturated carbocycles. The van der Waals surface area contributed by atoms with E-state index in [1.807, 2.05) is 20.8 Å². The summed E-state index contributed by atoms with van der Waals surface area (Å²) in [5, 5.41) is 3.83. The van der Waals surface area contributed by atoms with Crippen molar-refractivity contribution in [2.24, 2.45) is 0 Å². The first kappa shape index (κ1) is 31.7. The molecule has 0 fully saturated rings. The van der Waals surface area contributed by atoms with Crippen molar-refractivity contribution in [3.63, 3.8) is 0 Å². The van der Waals surface area contributed by atoms with Crippen LogP contribution in [0.25, 0.3) is 0 Å². The first-order valence-corrected chi connectivity index (χ1v) is 15.2. The van der Waals surface area contributed by atoms with Crippen molar-refractivity contribution in [1.82, 2.24) is 10.2 Å². The van der Waals surface area contributed by atoms with Crippen molar-refractivity contribution in [3.8, 4) is 5.75 Å². The Bertz CT molecular complexity index is 1210. The Kier molecular flexibility index (Phi) is 12.2. The Labute approximate surface area is 236 Å². The van der Waals surface area contributed by atoms with Crippen LogP contribution in [0.2, 0.25) is 10.0 Å². The monoisotopic (exact) mass is 585 g/mol. The highest BCUT2D eigenvalue weighted by atomic mass is 35.5. The average Bonchev–Trinajstić information content (AvgIpc) is 2.86. The van der Waals surface area contributed by atoms with Gasteiger partial charge in [0.05, 0.1) is 19.1 Å². The predicted octanol–water partition coefficient (Wildman–Crippen LogP) is 5.27. The highest BCUT2D eigenvalue weighted by molar-refractivity contribution is 7.92. The molecule has 2 aromatic rings. The number of carbonyl (C=O) groups is 2. The number of para-hydroxylation sites is 2. The normalized spacial score (nSPS) is 12.9. The minimum absolute atomic E-state index is 0.0273. The SMILES string of the molecule is CC[C@H](C)NC(=O)[C@H](CC)N(Cc1ccc(Cl)cc1Cl)C(=O)CCCN(c1ccccc1OC)S(C)(=O)=O. The van der Waals surface area contributed by atoms with Crippen LogP contribution in [0.1, 0.15) is 52.0 Å². The quantitative estimate of drug-likeness (QED) is 0.326. The van der Waals surface area contributed by atoms with Crippen LogP contribution in [0.15, 0.2) is 42.5 Å². The van der Waals surface area contributed by atoms with E-state index >= 15 is 0 Å². The molecule has 0 saturated heterocycles. The number of hydrogen-bond donors (Lipinski definition) is 1. The fourth-order valence-corrected chi connectivity index (χ4v) is 5.45. The number of nitrogens with one attached hydrogen (secondary N) is 1. The van der Waals surface area contributed by atoms with Crippen LogP contribution in [0.5, 0.6) is 5.75 Å². The van der Waals surface area contributed by atoms with E-state index in [9.17, 15) is 18.0 Å². The Hall–Kier alpha value is -2.49. The van der Waals surface area contributed by atoms with Crippen LogP contribution in [-0.4, -0.2) is 57.1 Å². The minimum atomic E-state index is -3.64. The largest absolute Gasteiger partial charge is 0.495 e. The average molecular weight is 587 g/mol. The standard InChI is InChI=1S/C27H37Cl2N3O5S/c1-6-19(3)30-27(34)23(7-2)31(18-20-14-15-21(28)17-22(20)29)26(33)13-10-16-32(38(5,35)36)24-11-8-9-12-25(24)37-4/h8-9,11-12,14-15,17,19,23H,6-7,10,13,16,18H2,1-5H3,(H,30,34)/t19-,23-/m0/s1. The number of halogens is 2. The van der Waals surface area contributed by atoms with Crippen molar-refractivity contribution >= 4 is 50.7 Å². The maximum atomic E-state index is 13.6. The highest BCUT2D eigenvalue weighted by Crippen LogP contribution is 2.30.